The molecule has 11 heteroatoms. The molecule has 0 fully saturated rings. The number of nitrogens with one attached hydrogen (secondary N) is 2. The van der Waals surface area contributed by atoms with Crippen LogP contribution in [0.15, 0.2) is 131 Å². The molecule has 2 amide bonds. The van der Waals surface area contributed by atoms with Gasteiger partial charge in [0, 0.05) is 19.2 Å². The number of hydrogen-bond donors (Lipinski definition) is 2. The van der Waals surface area contributed by atoms with Gasteiger partial charge in [-0.3, -0.25) is 9.59 Å². The van der Waals surface area contributed by atoms with E-state index < -0.39 is 0 Å². The summed E-state index contributed by atoms with van der Waals surface area (Å²) in [5, 5.41) is 18.0. The average molecular weight is 701 g/mol. The second kappa shape index (κ2) is 15.1. The van der Waals surface area contributed by atoms with Gasteiger partial charge in [0.05, 0.1) is 27.8 Å². The third kappa shape index (κ3) is 7.86. The smallest absolute Gasteiger partial charge is 0.234 e. The Morgan fingerprint density at radius 1 is 0.776 bits per heavy atom. The van der Waals surface area contributed by atoms with Crippen LogP contribution in [0, 0.1) is 0 Å². The molecule has 0 saturated carbocycles. The number of thiazole rings is 1. The first kappa shape index (κ1) is 32.6. The topological polar surface area (TPSA) is 102 Å². The van der Waals surface area contributed by atoms with Gasteiger partial charge in [-0.15, -0.1) is 21.5 Å². The van der Waals surface area contributed by atoms with E-state index in [0.29, 0.717) is 17.3 Å². The molecular formula is C38H32N6O2S3. The zero-order chi connectivity index (χ0) is 33.6. The van der Waals surface area contributed by atoms with Crippen molar-refractivity contribution in [2.24, 2.45) is 7.05 Å². The highest BCUT2D eigenvalue weighted by Crippen LogP contribution is 2.32. The van der Waals surface area contributed by atoms with E-state index in [1.807, 2.05) is 103 Å². The highest BCUT2D eigenvalue weighted by molar-refractivity contribution is 8.01. The molecule has 0 saturated heterocycles. The first-order chi connectivity index (χ1) is 24.0. The molecule has 0 bridgehead atoms. The minimum Gasteiger partial charge on any atom is -0.344 e. The van der Waals surface area contributed by atoms with Gasteiger partial charge in [-0.25, -0.2) is 4.98 Å². The molecule has 0 aliphatic carbocycles. The normalized spacial score (nSPS) is 11.3. The van der Waals surface area contributed by atoms with Crippen molar-refractivity contribution in [1.29, 1.82) is 0 Å². The summed E-state index contributed by atoms with van der Waals surface area (Å²) in [4.78, 5) is 30.7. The number of amides is 2. The largest absolute Gasteiger partial charge is 0.344 e. The third-order valence-corrected chi connectivity index (χ3v) is 11.2. The van der Waals surface area contributed by atoms with Crippen molar-refractivity contribution >= 4 is 73.4 Å². The van der Waals surface area contributed by atoms with E-state index in [2.05, 4.69) is 51.2 Å². The van der Waals surface area contributed by atoms with Crippen LogP contribution in [-0.4, -0.2) is 43.1 Å². The molecule has 5 aromatic carbocycles. The molecule has 0 aliphatic rings. The van der Waals surface area contributed by atoms with Gasteiger partial charge in [0.25, 0.3) is 0 Å². The van der Waals surface area contributed by atoms with Gasteiger partial charge in [0.15, 0.2) is 9.50 Å². The predicted octanol–water partition coefficient (Wildman–Crippen LogP) is 7.90. The minimum absolute atomic E-state index is 0.0731. The Balaban J connectivity index is 0.932. The standard InChI is InChI=1S/C38H32N6O2S3/c1-44-33(21-28-17-10-16-25-11-8-9-18-30(25)28)42-43-37(44)47-23-34(45)39-29-19-20-31-32(22-29)49-38(40-31)48-24-35(46)41-36(26-12-4-2-5-13-26)27-14-6-3-7-15-27/h2-20,22,36H,21,23-24H2,1H3,(H,39,45)(H,41,46). The molecule has 8 nitrogen and oxygen atoms in total. The number of carbonyl (C=O) groups is 2. The van der Waals surface area contributed by atoms with Gasteiger partial charge >= 0.3 is 0 Å². The van der Waals surface area contributed by atoms with Crippen molar-refractivity contribution in [3.05, 3.63) is 144 Å². The van der Waals surface area contributed by atoms with Gasteiger partial charge in [-0.2, -0.15) is 0 Å². The molecule has 2 heterocycles. The molecule has 7 aromatic rings. The van der Waals surface area contributed by atoms with Crippen LogP contribution in [0.3, 0.4) is 0 Å². The summed E-state index contributed by atoms with van der Waals surface area (Å²) in [6.07, 6.45) is 0.652. The molecule has 0 atom stereocenters. The Labute approximate surface area is 296 Å². The summed E-state index contributed by atoms with van der Waals surface area (Å²) in [7, 11) is 1.93. The van der Waals surface area contributed by atoms with Crippen molar-refractivity contribution < 1.29 is 9.59 Å². The fraction of sp³-hybridized carbons (Fsp3) is 0.132. The van der Waals surface area contributed by atoms with E-state index in [0.717, 1.165) is 31.5 Å². The average Bonchev–Trinajstić information content (AvgIpc) is 3.71. The number of nitrogens with zero attached hydrogens (tertiary/aromatic N) is 4. The van der Waals surface area contributed by atoms with E-state index in [-0.39, 0.29) is 29.4 Å². The van der Waals surface area contributed by atoms with Crippen molar-refractivity contribution in [3.8, 4) is 0 Å². The summed E-state index contributed by atoms with van der Waals surface area (Å²) < 4.78 is 3.68. The van der Waals surface area contributed by atoms with Crippen molar-refractivity contribution in [3.63, 3.8) is 0 Å². The van der Waals surface area contributed by atoms with E-state index in [1.165, 1.54) is 51.2 Å². The minimum atomic E-state index is -0.235. The Bertz CT molecular complexity index is 2190. The van der Waals surface area contributed by atoms with Crippen LogP contribution < -0.4 is 10.6 Å². The number of aromatic nitrogens is 4. The van der Waals surface area contributed by atoms with Gasteiger partial charge in [-0.1, -0.05) is 127 Å². The number of thioether (sulfide) groups is 2. The van der Waals surface area contributed by atoms with Gasteiger partial charge in [-0.05, 0) is 45.7 Å². The molecule has 49 heavy (non-hydrogen) atoms. The number of benzene rings is 5. The summed E-state index contributed by atoms with van der Waals surface area (Å²) in [5.41, 5.74) is 4.76. The summed E-state index contributed by atoms with van der Waals surface area (Å²) in [6, 6.07) is 40.0. The zero-order valence-corrected chi connectivity index (χ0v) is 29.0. The van der Waals surface area contributed by atoms with Gasteiger partial charge in [0.2, 0.25) is 11.8 Å². The SMILES string of the molecule is Cn1c(Cc2cccc3ccccc23)nnc1SCC(=O)Nc1ccc2nc(SCC(=O)NC(c3ccccc3)c3ccccc3)sc2c1. The molecular weight excluding hydrogens is 669 g/mol. The lowest BCUT2D eigenvalue weighted by Gasteiger charge is -2.19. The highest BCUT2D eigenvalue weighted by atomic mass is 32.2. The maximum Gasteiger partial charge on any atom is 0.234 e. The van der Waals surface area contributed by atoms with E-state index in [4.69, 9.17) is 4.98 Å². The lowest BCUT2D eigenvalue weighted by atomic mass is 9.99. The molecule has 2 aromatic heterocycles. The third-order valence-electron chi connectivity index (χ3n) is 8.04. The molecule has 0 unspecified atom stereocenters. The Kier molecular flexibility index (Phi) is 10.0. The second-order valence-electron chi connectivity index (χ2n) is 11.4. The maximum atomic E-state index is 13.1. The molecule has 0 radical (unpaired) electrons. The Morgan fingerprint density at radius 3 is 2.24 bits per heavy atom. The summed E-state index contributed by atoms with van der Waals surface area (Å²) in [5.74, 6) is 1.07. The fourth-order valence-electron chi connectivity index (χ4n) is 5.59. The van der Waals surface area contributed by atoms with Crippen molar-refractivity contribution in [1.82, 2.24) is 25.1 Å². The van der Waals surface area contributed by atoms with Crippen LogP contribution in [0.1, 0.15) is 28.6 Å². The molecule has 0 aliphatic heterocycles. The van der Waals surface area contributed by atoms with Crippen LogP contribution in [0.2, 0.25) is 0 Å². The van der Waals surface area contributed by atoms with Crippen molar-refractivity contribution in [2.75, 3.05) is 16.8 Å². The van der Waals surface area contributed by atoms with E-state index in [1.54, 1.807) is 0 Å². The maximum absolute atomic E-state index is 13.1. The Morgan fingerprint density at radius 2 is 1.47 bits per heavy atom. The predicted molar refractivity (Wildman–Crippen MR) is 200 cm³/mol. The second-order valence-corrected chi connectivity index (χ2v) is 14.6. The lowest BCUT2D eigenvalue weighted by molar-refractivity contribution is -0.119. The van der Waals surface area contributed by atoms with Gasteiger partial charge in [0.1, 0.15) is 5.82 Å². The van der Waals surface area contributed by atoms with Crippen LogP contribution in [-0.2, 0) is 23.1 Å². The lowest BCUT2D eigenvalue weighted by Crippen LogP contribution is -2.30. The van der Waals surface area contributed by atoms with Crippen LogP contribution in [0.4, 0.5) is 5.69 Å². The first-order valence-corrected chi connectivity index (χ1v) is 18.5. The zero-order valence-electron chi connectivity index (χ0n) is 26.6. The van der Waals surface area contributed by atoms with E-state index >= 15 is 0 Å². The van der Waals surface area contributed by atoms with Gasteiger partial charge < -0.3 is 15.2 Å². The summed E-state index contributed by atoms with van der Waals surface area (Å²) >= 11 is 4.26. The van der Waals surface area contributed by atoms with Crippen LogP contribution in [0.5, 0.6) is 0 Å². The van der Waals surface area contributed by atoms with Crippen molar-refractivity contribution in [2.45, 2.75) is 22.0 Å². The van der Waals surface area contributed by atoms with Crippen LogP contribution in [0.25, 0.3) is 21.0 Å². The number of fused-ring (bicyclic) bond motifs is 2. The highest BCUT2D eigenvalue weighted by Gasteiger charge is 2.18. The molecule has 244 valence electrons. The molecule has 0 spiro atoms. The monoisotopic (exact) mass is 700 g/mol. The number of anilines is 1. The Hall–Kier alpha value is -4.97. The first-order valence-electron chi connectivity index (χ1n) is 15.7. The molecule has 2 N–H and O–H groups in total. The fourth-order valence-corrected chi connectivity index (χ4v) is 8.24. The van der Waals surface area contributed by atoms with Crippen LogP contribution >= 0.6 is 34.9 Å². The number of carbonyl (C=O) groups excluding carboxylic acids is 2. The quantitative estimate of drug-likeness (QED) is 0.125. The summed E-state index contributed by atoms with van der Waals surface area (Å²) in [6.45, 7) is 0. The number of hydrogen-bond acceptors (Lipinski definition) is 8. The number of rotatable bonds is 12. The van der Waals surface area contributed by atoms with E-state index in [9.17, 15) is 9.59 Å². The molecule has 7 rings (SSSR count).